The van der Waals surface area contributed by atoms with E-state index in [1.165, 1.54) is 0 Å². The molecule has 0 bridgehead atoms. The van der Waals surface area contributed by atoms with Crippen LogP contribution in [0.1, 0.15) is 31.9 Å². The molecule has 1 aliphatic rings. The number of halogens is 2. The van der Waals surface area contributed by atoms with E-state index >= 15 is 0 Å². The van der Waals surface area contributed by atoms with Gasteiger partial charge in [-0.15, -0.1) is 0 Å². The molecule has 0 saturated carbocycles. The summed E-state index contributed by atoms with van der Waals surface area (Å²) in [6.45, 7) is 6.56. The molecule has 0 spiro atoms. The molecule has 1 N–H and O–H groups in total. The Morgan fingerprint density at radius 3 is 2.32 bits per heavy atom. The highest BCUT2D eigenvalue weighted by Gasteiger charge is 2.31. The number of carbonyl (C=O) groups excluding carboxylic acids is 1. The number of nitrogens with zero attached hydrogens (tertiary/aromatic N) is 1. The van der Waals surface area contributed by atoms with Gasteiger partial charge in [-0.2, -0.15) is 0 Å². The van der Waals surface area contributed by atoms with Crippen LogP contribution in [0, 0.1) is 11.8 Å². The fourth-order valence-corrected chi connectivity index (χ4v) is 2.65. The van der Waals surface area contributed by atoms with E-state index in [9.17, 15) is 13.6 Å². The molecule has 1 unspecified atom stereocenters. The summed E-state index contributed by atoms with van der Waals surface area (Å²) < 4.78 is 26.6. The second kappa shape index (κ2) is 7.68. The molecule has 122 valence electrons. The molecule has 0 aromatic heterocycles. The van der Waals surface area contributed by atoms with Gasteiger partial charge in [-0.1, -0.05) is 44.2 Å². The Kier molecular flexibility index (Phi) is 5.89. The highest BCUT2D eigenvalue weighted by atomic mass is 19.3. The van der Waals surface area contributed by atoms with Crippen LogP contribution in [0.4, 0.5) is 8.78 Å². The molecular weight excluding hydrogens is 286 g/mol. The second-order valence-electron chi connectivity index (χ2n) is 6.24. The average Bonchev–Trinajstić information content (AvgIpc) is 2.43. The number of nitrogens with one attached hydrogen (secondary N) is 1. The van der Waals surface area contributed by atoms with Gasteiger partial charge in [0, 0.05) is 6.54 Å². The summed E-state index contributed by atoms with van der Waals surface area (Å²) in [6, 6.07) is 7.18. The molecule has 0 aliphatic carbocycles. The molecule has 22 heavy (non-hydrogen) atoms. The van der Waals surface area contributed by atoms with Crippen LogP contribution < -0.4 is 5.32 Å². The van der Waals surface area contributed by atoms with E-state index in [4.69, 9.17) is 0 Å². The fourth-order valence-electron chi connectivity index (χ4n) is 2.65. The number of hydrogen-bond donors (Lipinski definition) is 1. The van der Waals surface area contributed by atoms with Crippen molar-refractivity contribution in [2.45, 2.75) is 32.7 Å². The van der Waals surface area contributed by atoms with Crippen LogP contribution in [0.2, 0.25) is 0 Å². The van der Waals surface area contributed by atoms with Crippen molar-refractivity contribution in [3.8, 4) is 0 Å². The first-order valence-electron chi connectivity index (χ1n) is 7.85. The van der Waals surface area contributed by atoms with E-state index in [0.29, 0.717) is 12.1 Å². The Bertz CT molecular complexity index is 475. The maximum absolute atomic E-state index is 13.3. The van der Waals surface area contributed by atoms with Crippen LogP contribution in [0.25, 0.3) is 0 Å². The summed E-state index contributed by atoms with van der Waals surface area (Å²) in [5.41, 5.74) is 0.442. The first kappa shape index (κ1) is 16.9. The van der Waals surface area contributed by atoms with E-state index in [1.807, 2.05) is 13.8 Å². The number of rotatable bonds is 7. The van der Waals surface area contributed by atoms with E-state index in [2.05, 4.69) is 10.2 Å². The van der Waals surface area contributed by atoms with Crippen molar-refractivity contribution < 1.29 is 13.6 Å². The lowest BCUT2D eigenvalue weighted by Gasteiger charge is -2.35. The quantitative estimate of drug-likeness (QED) is 0.839. The Labute approximate surface area is 130 Å². The lowest BCUT2D eigenvalue weighted by molar-refractivity contribution is -0.129. The third-order valence-corrected chi connectivity index (χ3v) is 4.25. The van der Waals surface area contributed by atoms with Gasteiger partial charge in [0.05, 0.1) is 5.92 Å². The topological polar surface area (TPSA) is 32.3 Å². The van der Waals surface area contributed by atoms with Gasteiger partial charge in [0.15, 0.2) is 0 Å². The number of benzene rings is 1. The zero-order chi connectivity index (χ0) is 16.1. The molecule has 5 heteroatoms. The third kappa shape index (κ3) is 4.26. The molecule has 0 radical (unpaired) electrons. The van der Waals surface area contributed by atoms with E-state index in [1.54, 1.807) is 30.3 Å². The molecule has 3 nitrogen and oxygen atoms in total. The molecule has 1 aromatic rings. The van der Waals surface area contributed by atoms with Crippen molar-refractivity contribution >= 4 is 5.91 Å². The van der Waals surface area contributed by atoms with E-state index in [-0.39, 0.29) is 17.7 Å². The van der Waals surface area contributed by atoms with Crippen LogP contribution in [-0.2, 0) is 4.79 Å². The maximum atomic E-state index is 13.3. The van der Waals surface area contributed by atoms with Crippen LogP contribution in [0.15, 0.2) is 30.3 Å². The van der Waals surface area contributed by atoms with Crippen molar-refractivity contribution in [1.82, 2.24) is 10.2 Å². The molecule has 1 fully saturated rings. The largest absolute Gasteiger partial charge is 0.343 e. The lowest BCUT2D eigenvalue weighted by atomic mass is 9.92. The molecule has 1 aromatic carbocycles. The monoisotopic (exact) mass is 310 g/mol. The van der Waals surface area contributed by atoms with Crippen molar-refractivity contribution in [2.24, 2.45) is 11.8 Å². The first-order valence-corrected chi connectivity index (χ1v) is 7.85. The highest BCUT2D eigenvalue weighted by Crippen LogP contribution is 2.23. The minimum absolute atomic E-state index is 0.120. The Morgan fingerprint density at radius 1 is 1.23 bits per heavy atom. The molecule has 1 amide bonds. The first-order chi connectivity index (χ1) is 10.5. The number of amides is 1. The zero-order valence-corrected chi connectivity index (χ0v) is 13.1. The zero-order valence-electron chi connectivity index (χ0n) is 13.1. The summed E-state index contributed by atoms with van der Waals surface area (Å²) in [6.07, 6.45) is -1.47. The Balaban J connectivity index is 2.05. The van der Waals surface area contributed by atoms with E-state index < -0.39 is 12.5 Å². The number of likely N-dealkylation sites (tertiary alicyclic amines) is 1. The summed E-state index contributed by atoms with van der Waals surface area (Å²) in [5, 5.41) is 2.55. The third-order valence-electron chi connectivity index (χ3n) is 4.25. The minimum Gasteiger partial charge on any atom is -0.343 e. The summed E-state index contributed by atoms with van der Waals surface area (Å²) in [4.78, 5) is 14.7. The van der Waals surface area contributed by atoms with Crippen molar-refractivity contribution in [3.63, 3.8) is 0 Å². The van der Waals surface area contributed by atoms with E-state index in [0.717, 1.165) is 19.5 Å². The van der Waals surface area contributed by atoms with Gasteiger partial charge < -0.3 is 10.2 Å². The molecule has 1 saturated heterocycles. The van der Waals surface area contributed by atoms with Gasteiger partial charge in [0.1, 0.15) is 6.04 Å². The Hall–Kier alpha value is -1.49. The van der Waals surface area contributed by atoms with Crippen molar-refractivity contribution in [2.75, 3.05) is 19.6 Å². The molecule has 1 heterocycles. The molecule has 1 aliphatic heterocycles. The van der Waals surface area contributed by atoms with Crippen LogP contribution in [-0.4, -0.2) is 36.9 Å². The van der Waals surface area contributed by atoms with Gasteiger partial charge in [-0.25, -0.2) is 8.78 Å². The lowest BCUT2D eigenvalue weighted by Crippen LogP contribution is -2.47. The summed E-state index contributed by atoms with van der Waals surface area (Å²) >= 11 is 0. The normalized spacial score (nSPS) is 18.1. The van der Waals surface area contributed by atoms with Gasteiger partial charge in [0.25, 0.3) is 6.43 Å². The number of carbonyl (C=O) groups is 1. The Morgan fingerprint density at radius 2 is 1.86 bits per heavy atom. The van der Waals surface area contributed by atoms with Gasteiger partial charge in [-0.3, -0.25) is 4.79 Å². The van der Waals surface area contributed by atoms with Crippen molar-refractivity contribution in [1.29, 1.82) is 0 Å². The standard InChI is InChI=1S/C17H24F2N2O/c1-12(2)14(11-21-9-6-10-21)17(22)20-15(16(18)19)13-7-4-3-5-8-13/h3-5,7-8,12,14-16H,6,9-11H2,1-2H3,(H,20,22)/t14-,15?/m1/s1. The smallest absolute Gasteiger partial charge is 0.262 e. The van der Waals surface area contributed by atoms with Crippen molar-refractivity contribution in [3.05, 3.63) is 35.9 Å². The van der Waals surface area contributed by atoms with Crippen LogP contribution in [0.3, 0.4) is 0 Å². The maximum Gasteiger partial charge on any atom is 0.262 e. The average molecular weight is 310 g/mol. The second-order valence-corrected chi connectivity index (χ2v) is 6.24. The number of hydrogen-bond acceptors (Lipinski definition) is 2. The summed E-state index contributed by atoms with van der Waals surface area (Å²) in [7, 11) is 0. The minimum atomic E-state index is -2.62. The summed E-state index contributed by atoms with van der Waals surface area (Å²) in [5.74, 6) is -0.420. The molecule has 2 rings (SSSR count). The van der Waals surface area contributed by atoms with Crippen LogP contribution >= 0.6 is 0 Å². The highest BCUT2D eigenvalue weighted by molar-refractivity contribution is 5.79. The predicted octanol–water partition coefficient (Wildman–Crippen LogP) is 3.09. The van der Waals surface area contributed by atoms with Gasteiger partial charge in [0.2, 0.25) is 5.91 Å². The molecule has 2 atom stereocenters. The van der Waals surface area contributed by atoms with Crippen LogP contribution in [0.5, 0.6) is 0 Å². The number of alkyl halides is 2. The molecular formula is C17H24F2N2O. The van der Waals surface area contributed by atoms with Gasteiger partial charge in [-0.05, 0) is 31.0 Å². The van der Waals surface area contributed by atoms with Gasteiger partial charge >= 0.3 is 0 Å². The predicted molar refractivity (Wildman–Crippen MR) is 82.7 cm³/mol. The SMILES string of the molecule is CC(C)[C@@H](CN1CCC1)C(=O)NC(c1ccccc1)C(F)F. The fraction of sp³-hybridized carbons (Fsp3) is 0.588.